The largest absolute Gasteiger partial charge is 0.463 e. The Hall–Kier alpha value is -3.08. The number of nitrogens with zero attached hydrogens (tertiary/aromatic N) is 4. The van der Waals surface area contributed by atoms with E-state index in [-0.39, 0.29) is 12.6 Å². The van der Waals surface area contributed by atoms with Crippen LogP contribution in [0, 0.1) is 0 Å². The highest BCUT2D eigenvalue weighted by atomic mass is 16.6. The molecule has 0 aliphatic carbocycles. The lowest BCUT2D eigenvalue weighted by Crippen LogP contribution is -2.34. The van der Waals surface area contributed by atoms with Gasteiger partial charge in [-0.05, 0) is 12.0 Å². The Bertz CT molecular complexity index is 1040. The first-order valence-electron chi connectivity index (χ1n) is 10.1. The third kappa shape index (κ3) is 4.22. The summed E-state index contributed by atoms with van der Waals surface area (Å²) in [4.78, 5) is 24.1. The molecule has 31 heavy (non-hydrogen) atoms. The lowest BCUT2D eigenvalue weighted by molar-refractivity contribution is -0.147. The summed E-state index contributed by atoms with van der Waals surface area (Å²) in [5.74, 6) is 0.0677. The van der Waals surface area contributed by atoms with Crippen molar-refractivity contribution in [1.82, 2.24) is 19.5 Å². The van der Waals surface area contributed by atoms with E-state index in [1.54, 1.807) is 4.57 Å². The summed E-state index contributed by atoms with van der Waals surface area (Å²) >= 11 is 0. The van der Waals surface area contributed by atoms with Crippen molar-refractivity contribution in [3.63, 3.8) is 0 Å². The van der Waals surface area contributed by atoms with Crippen molar-refractivity contribution in [1.29, 1.82) is 0 Å². The molecule has 1 aromatic carbocycles. The Morgan fingerprint density at radius 1 is 1.23 bits per heavy atom. The van der Waals surface area contributed by atoms with Gasteiger partial charge in [-0.1, -0.05) is 37.3 Å². The molecule has 0 radical (unpaired) electrons. The van der Waals surface area contributed by atoms with Gasteiger partial charge < -0.3 is 25.0 Å². The molecule has 164 valence electrons. The lowest BCUT2D eigenvalue weighted by Gasteiger charge is -2.19. The second kappa shape index (κ2) is 8.96. The molecular weight excluding hydrogens is 402 g/mol. The maximum Gasteiger partial charge on any atom is 0.302 e. The highest BCUT2D eigenvalue weighted by Gasteiger charge is 2.44. The van der Waals surface area contributed by atoms with Crippen LogP contribution in [0.15, 0.2) is 43.0 Å². The lowest BCUT2D eigenvalue weighted by atomic mass is 10.0. The quantitative estimate of drug-likeness (QED) is 0.481. The standard InChI is InChI=1S/C21H25N5O5/c1-3-14(13-7-5-4-6-8-13)25-19-16-20(23-10-22-19)26(11-24-16)21-18(29)17(28)15(31-21)9-30-12(2)27/h4-8,10-11,14-15,17-18,21,28-29H,3,9H2,1-2H3,(H,22,23,25)/t14-,15+,17-,18?,21+/m0/s1. The Balaban J connectivity index is 1.60. The van der Waals surface area contributed by atoms with Crippen LogP contribution in [0.3, 0.4) is 0 Å². The molecule has 10 heteroatoms. The summed E-state index contributed by atoms with van der Waals surface area (Å²) in [7, 11) is 0. The maximum absolute atomic E-state index is 11.1. The molecule has 1 aliphatic rings. The van der Waals surface area contributed by atoms with Gasteiger partial charge in [0.15, 0.2) is 23.2 Å². The number of rotatable bonds is 7. The van der Waals surface area contributed by atoms with Gasteiger partial charge in [0.2, 0.25) is 0 Å². The predicted molar refractivity (Wildman–Crippen MR) is 111 cm³/mol. The van der Waals surface area contributed by atoms with Gasteiger partial charge in [-0.2, -0.15) is 0 Å². The van der Waals surface area contributed by atoms with Gasteiger partial charge in [-0.3, -0.25) is 9.36 Å². The first-order chi connectivity index (χ1) is 15.0. The SMILES string of the molecule is CC[C@H](Nc1ncnc2c1ncn2[C@@H]1O[C@H](COC(C)=O)[C@H](O)C1O)c1ccccc1. The molecule has 0 spiro atoms. The minimum atomic E-state index is -1.24. The summed E-state index contributed by atoms with van der Waals surface area (Å²) in [5.41, 5.74) is 2.09. The number of aromatic nitrogens is 4. The first kappa shape index (κ1) is 21.2. The van der Waals surface area contributed by atoms with Crippen molar-refractivity contribution >= 4 is 23.0 Å². The molecular formula is C21H25N5O5. The molecule has 10 nitrogen and oxygen atoms in total. The highest BCUT2D eigenvalue weighted by molar-refractivity contribution is 5.83. The van der Waals surface area contributed by atoms with Gasteiger partial charge in [-0.25, -0.2) is 15.0 Å². The van der Waals surface area contributed by atoms with Crippen molar-refractivity contribution in [2.45, 2.75) is 50.8 Å². The Kier molecular flexibility index (Phi) is 6.12. The van der Waals surface area contributed by atoms with Crippen LogP contribution in [0.4, 0.5) is 5.82 Å². The molecule has 3 N–H and O–H groups in total. The Morgan fingerprint density at radius 2 is 2.00 bits per heavy atom. The number of esters is 1. The molecule has 1 saturated heterocycles. The second-order valence-corrected chi connectivity index (χ2v) is 7.41. The van der Waals surface area contributed by atoms with Crippen LogP contribution < -0.4 is 5.32 Å². The van der Waals surface area contributed by atoms with E-state index >= 15 is 0 Å². The smallest absolute Gasteiger partial charge is 0.302 e. The van der Waals surface area contributed by atoms with Gasteiger partial charge in [0, 0.05) is 6.92 Å². The van der Waals surface area contributed by atoms with Crippen molar-refractivity contribution in [3.8, 4) is 0 Å². The molecule has 0 saturated carbocycles. The number of nitrogens with one attached hydrogen (secondary N) is 1. The van der Waals surface area contributed by atoms with Crippen LogP contribution in [0.2, 0.25) is 0 Å². The molecule has 1 fully saturated rings. The molecule has 4 rings (SSSR count). The zero-order chi connectivity index (χ0) is 22.0. The number of aliphatic hydroxyl groups excluding tert-OH is 2. The number of hydrogen-bond donors (Lipinski definition) is 3. The van der Waals surface area contributed by atoms with Gasteiger partial charge in [0.1, 0.15) is 31.2 Å². The number of hydrogen-bond acceptors (Lipinski definition) is 9. The number of ether oxygens (including phenoxy) is 2. The summed E-state index contributed by atoms with van der Waals surface area (Å²) in [6, 6.07) is 10.1. The fraction of sp³-hybridized carbons (Fsp3) is 0.429. The fourth-order valence-electron chi connectivity index (χ4n) is 3.71. The van der Waals surface area contributed by atoms with Crippen LogP contribution in [0.25, 0.3) is 11.2 Å². The maximum atomic E-state index is 11.1. The minimum absolute atomic E-state index is 0.0349. The number of carbonyl (C=O) groups excluding carboxylic acids is 1. The minimum Gasteiger partial charge on any atom is -0.463 e. The van der Waals surface area contributed by atoms with Crippen molar-refractivity contribution in [2.75, 3.05) is 11.9 Å². The monoisotopic (exact) mass is 427 g/mol. The highest BCUT2D eigenvalue weighted by Crippen LogP contribution is 2.33. The molecule has 2 aromatic heterocycles. The van der Waals surface area contributed by atoms with E-state index in [2.05, 4.69) is 27.2 Å². The Labute approximate surface area is 178 Å². The summed E-state index contributed by atoms with van der Waals surface area (Å²) < 4.78 is 12.2. The topological polar surface area (TPSA) is 132 Å². The summed E-state index contributed by atoms with van der Waals surface area (Å²) in [5, 5.41) is 24.2. The van der Waals surface area contributed by atoms with E-state index in [1.165, 1.54) is 19.6 Å². The average Bonchev–Trinajstić information content (AvgIpc) is 3.33. The van der Waals surface area contributed by atoms with Crippen LogP contribution >= 0.6 is 0 Å². The summed E-state index contributed by atoms with van der Waals surface area (Å²) in [6.45, 7) is 3.19. The van der Waals surface area contributed by atoms with Gasteiger partial charge >= 0.3 is 5.97 Å². The molecule has 0 amide bonds. The van der Waals surface area contributed by atoms with Crippen molar-refractivity contribution in [3.05, 3.63) is 48.5 Å². The summed E-state index contributed by atoms with van der Waals surface area (Å²) in [6.07, 6.45) is -0.508. The van der Waals surface area contributed by atoms with Crippen molar-refractivity contribution < 1.29 is 24.5 Å². The zero-order valence-corrected chi connectivity index (χ0v) is 17.3. The Morgan fingerprint density at radius 3 is 2.71 bits per heavy atom. The second-order valence-electron chi connectivity index (χ2n) is 7.41. The van der Waals surface area contributed by atoms with Gasteiger partial charge in [-0.15, -0.1) is 0 Å². The number of aliphatic hydroxyl groups is 2. The average molecular weight is 427 g/mol. The molecule has 1 unspecified atom stereocenters. The molecule has 1 aliphatic heterocycles. The number of carbonyl (C=O) groups is 1. The number of imidazole rings is 1. The van der Waals surface area contributed by atoms with E-state index in [0.29, 0.717) is 17.0 Å². The van der Waals surface area contributed by atoms with Crippen LogP contribution in [0.1, 0.15) is 38.1 Å². The van der Waals surface area contributed by atoms with Crippen LogP contribution in [0.5, 0.6) is 0 Å². The first-order valence-corrected chi connectivity index (χ1v) is 10.1. The molecule has 5 atom stereocenters. The predicted octanol–water partition coefficient (Wildman–Crippen LogP) is 1.57. The number of fused-ring (bicyclic) bond motifs is 1. The molecule has 3 heterocycles. The van der Waals surface area contributed by atoms with Crippen LogP contribution in [-0.2, 0) is 14.3 Å². The van der Waals surface area contributed by atoms with Gasteiger partial charge in [0.25, 0.3) is 0 Å². The van der Waals surface area contributed by atoms with E-state index < -0.39 is 30.5 Å². The number of anilines is 1. The third-order valence-corrected chi connectivity index (χ3v) is 5.34. The van der Waals surface area contributed by atoms with E-state index in [4.69, 9.17) is 9.47 Å². The normalized spacial score (nSPS) is 24.3. The number of benzene rings is 1. The molecule has 0 bridgehead atoms. The zero-order valence-electron chi connectivity index (χ0n) is 17.3. The van der Waals surface area contributed by atoms with Gasteiger partial charge in [0.05, 0.1) is 12.4 Å². The van der Waals surface area contributed by atoms with Crippen molar-refractivity contribution in [2.24, 2.45) is 0 Å². The fourth-order valence-corrected chi connectivity index (χ4v) is 3.71. The van der Waals surface area contributed by atoms with E-state index in [1.807, 2.05) is 30.3 Å². The van der Waals surface area contributed by atoms with Crippen LogP contribution in [-0.4, -0.2) is 60.6 Å². The molecule has 3 aromatic rings. The van der Waals surface area contributed by atoms with E-state index in [0.717, 1.165) is 12.0 Å². The third-order valence-electron chi connectivity index (χ3n) is 5.34. The van der Waals surface area contributed by atoms with E-state index in [9.17, 15) is 15.0 Å².